The Morgan fingerprint density at radius 1 is 1.15 bits per heavy atom. The number of aromatic nitrogens is 2. The van der Waals surface area contributed by atoms with Gasteiger partial charge in [0.1, 0.15) is 0 Å². The highest BCUT2D eigenvalue weighted by Gasteiger charge is 2.42. The molecule has 6 heteroatoms. The molecule has 0 bridgehead atoms. The van der Waals surface area contributed by atoms with Crippen molar-refractivity contribution in [3.8, 4) is 0 Å². The zero-order chi connectivity index (χ0) is 18.0. The van der Waals surface area contributed by atoms with Crippen molar-refractivity contribution >= 4 is 11.7 Å². The van der Waals surface area contributed by atoms with Crippen molar-refractivity contribution in [1.82, 2.24) is 14.9 Å². The van der Waals surface area contributed by atoms with Gasteiger partial charge in [-0.05, 0) is 43.0 Å². The fourth-order valence-electron chi connectivity index (χ4n) is 4.29. The van der Waals surface area contributed by atoms with Gasteiger partial charge in [-0.1, -0.05) is 6.07 Å². The summed E-state index contributed by atoms with van der Waals surface area (Å²) in [7, 11) is 0. The van der Waals surface area contributed by atoms with Crippen LogP contribution in [0.4, 0.5) is 10.2 Å². The molecule has 5 nitrogen and oxygen atoms in total. The summed E-state index contributed by atoms with van der Waals surface area (Å²) < 4.78 is 14.2. The number of carbonyl (C=O) groups excluding carboxylic acids is 1. The molecule has 2 fully saturated rings. The maximum absolute atomic E-state index is 14.2. The van der Waals surface area contributed by atoms with E-state index in [0.717, 1.165) is 37.9 Å². The molecule has 0 aromatic carbocycles. The Bertz CT molecular complexity index is 784. The van der Waals surface area contributed by atoms with Gasteiger partial charge < -0.3 is 9.80 Å². The molecule has 0 aliphatic carbocycles. The van der Waals surface area contributed by atoms with Crippen molar-refractivity contribution in [2.45, 2.75) is 32.2 Å². The number of piperidine rings is 2. The van der Waals surface area contributed by atoms with E-state index >= 15 is 0 Å². The van der Waals surface area contributed by atoms with E-state index in [1.165, 1.54) is 6.07 Å². The second-order valence-electron chi connectivity index (χ2n) is 7.45. The third kappa shape index (κ3) is 3.41. The van der Waals surface area contributed by atoms with E-state index in [4.69, 9.17) is 0 Å². The standard InChI is InChI=1S/C20H23FN4O/c21-17-5-2-10-23-19(17)24-11-3-7-20(14-24)8-6-18(26)25(15-20)13-16-4-1-9-22-12-16/h1-2,4-5,9-10,12H,3,6-8,11,13-15H2. The minimum absolute atomic E-state index is 0.0122. The van der Waals surface area contributed by atoms with Crippen LogP contribution in [0.3, 0.4) is 0 Å². The SMILES string of the molecule is O=C1CCC2(CCCN(c3ncccc3F)C2)CN1Cc1cccnc1. The van der Waals surface area contributed by atoms with Gasteiger partial charge in [0.05, 0.1) is 0 Å². The summed E-state index contributed by atoms with van der Waals surface area (Å²) in [5.74, 6) is 0.353. The van der Waals surface area contributed by atoms with Crippen molar-refractivity contribution in [2.24, 2.45) is 5.41 Å². The van der Waals surface area contributed by atoms with Crippen LogP contribution in [0.2, 0.25) is 0 Å². The Hall–Kier alpha value is -2.50. The quantitative estimate of drug-likeness (QED) is 0.850. The summed E-state index contributed by atoms with van der Waals surface area (Å²) in [4.78, 5) is 24.8. The molecule has 2 aliphatic rings. The van der Waals surface area contributed by atoms with Crippen LogP contribution in [0.1, 0.15) is 31.2 Å². The molecule has 1 amide bonds. The summed E-state index contributed by atoms with van der Waals surface area (Å²) in [5, 5.41) is 0. The van der Waals surface area contributed by atoms with E-state index < -0.39 is 0 Å². The number of likely N-dealkylation sites (tertiary alicyclic amines) is 1. The van der Waals surface area contributed by atoms with Gasteiger partial charge in [0.15, 0.2) is 11.6 Å². The number of pyridine rings is 2. The van der Waals surface area contributed by atoms with Gasteiger partial charge in [0.25, 0.3) is 0 Å². The van der Waals surface area contributed by atoms with Crippen LogP contribution < -0.4 is 4.90 Å². The van der Waals surface area contributed by atoms with Crippen molar-refractivity contribution in [3.63, 3.8) is 0 Å². The van der Waals surface area contributed by atoms with Crippen molar-refractivity contribution in [3.05, 3.63) is 54.2 Å². The average Bonchev–Trinajstić information content (AvgIpc) is 2.66. The van der Waals surface area contributed by atoms with Crippen LogP contribution >= 0.6 is 0 Å². The van der Waals surface area contributed by atoms with Gasteiger partial charge in [0.2, 0.25) is 5.91 Å². The molecule has 4 heterocycles. The monoisotopic (exact) mass is 354 g/mol. The highest BCUT2D eigenvalue weighted by atomic mass is 19.1. The van der Waals surface area contributed by atoms with E-state index in [-0.39, 0.29) is 17.1 Å². The molecule has 2 aromatic heterocycles. The molecule has 1 unspecified atom stereocenters. The fourth-order valence-corrected chi connectivity index (χ4v) is 4.29. The highest BCUT2D eigenvalue weighted by Crippen LogP contribution is 2.40. The Balaban J connectivity index is 1.52. The van der Waals surface area contributed by atoms with Gasteiger partial charge >= 0.3 is 0 Å². The summed E-state index contributed by atoms with van der Waals surface area (Å²) >= 11 is 0. The maximum atomic E-state index is 14.2. The molecule has 1 atom stereocenters. The van der Waals surface area contributed by atoms with E-state index in [9.17, 15) is 9.18 Å². The van der Waals surface area contributed by atoms with Crippen LogP contribution in [0.5, 0.6) is 0 Å². The predicted octanol–water partition coefficient (Wildman–Crippen LogP) is 3.02. The topological polar surface area (TPSA) is 49.3 Å². The molecule has 2 aromatic rings. The average molecular weight is 354 g/mol. The Kier molecular flexibility index (Phi) is 4.57. The molecule has 2 saturated heterocycles. The summed E-state index contributed by atoms with van der Waals surface area (Å²) in [6, 6.07) is 6.97. The first-order valence-corrected chi connectivity index (χ1v) is 9.17. The third-order valence-corrected chi connectivity index (χ3v) is 5.54. The van der Waals surface area contributed by atoms with Crippen molar-refractivity contribution in [1.29, 1.82) is 0 Å². The molecular weight excluding hydrogens is 331 g/mol. The molecule has 0 saturated carbocycles. The lowest BCUT2D eigenvalue weighted by molar-refractivity contribution is -0.138. The number of amides is 1. The molecular formula is C20H23FN4O. The first-order chi connectivity index (χ1) is 12.7. The molecule has 26 heavy (non-hydrogen) atoms. The normalized spacial score (nSPS) is 23.5. The first-order valence-electron chi connectivity index (χ1n) is 9.17. The minimum Gasteiger partial charge on any atom is -0.354 e. The summed E-state index contributed by atoms with van der Waals surface area (Å²) in [6.45, 7) is 2.86. The molecule has 4 rings (SSSR count). The van der Waals surface area contributed by atoms with Crippen LogP contribution in [0, 0.1) is 11.2 Å². The smallest absolute Gasteiger partial charge is 0.222 e. The van der Waals surface area contributed by atoms with E-state index in [1.807, 2.05) is 23.2 Å². The number of anilines is 1. The number of nitrogens with zero attached hydrogens (tertiary/aromatic N) is 4. The van der Waals surface area contributed by atoms with Crippen molar-refractivity contribution in [2.75, 3.05) is 24.5 Å². The molecule has 0 N–H and O–H groups in total. The fraction of sp³-hybridized carbons (Fsp3) is 0.450. The maximum Gasteiger partial charge on any atom is 0.222 e. The van der Waals surface area contributed by atoms with E-state index in [0.29, 0.717) is 25.3 Å². The lowest BCUT2D eigenvalue weighted by Crippen LogP contribution is -2.54. The molecule has 0 radical (unpaired) electrons. The zero-order valence-corrected chi connectivity index (χ0v) is 14.8. The summed E-state index contributed by atoms with van der Waals surface area (Å²) in [5.41, 5.74) is 1.06. The zero-order valence-electron chi connectivity index (χ0n) is 14.8. The van der Waals surface area contributed by atoms with Gasteiger partial charge in [0, 0.05) is 56.6 Å². The summed E-state index contributed by atoms with van der Waals surface area (Å²) in [6.07, 6.45) is 8.66. The molecule has 136 valence electrons. The van der Waals surface area contributed by atoms with Gasteiger partial charge in [-0.2, -0.15) is 0 Å². The Morgan fingerprint density at radius 3 is 2.85 bits per heavy atom. The van der Waals surface area contributed by atoms with Gasteiger partial charge in [-0.3, -0.25) is 9.78 Å². The Labute approximate surface area is 152 Å². The molecule has 2 aliphatic heterocycles. The number of hydrogen-bond donors (Lipinski definition) is 0. The van der Waals surface area contributed by atoms with Gasteiger partial charge in [-0.25, -0.2) is 9.37 Å². The Morgan fingerprint density at radius 2 is 2.04 bits per heavy atom. The van der Waals surface area contributed by atoms with E-state index in [2.05, 4.69) is 14.9 Å². The number of rotatable bonds is 3. The van der Waals surface area contributed by atoms with Crippen LogP contribution in [0.15, 0.2) is 42.9 Å². The lowest BCUT2D eigenvalue weighted by Gasteiger charge is -2.48. The van der Waals surface area contributed by atoms with E-state index in [1.54, 1.807) is 18.5 Å². The minimum atomic E-state index is -0.274. The van der Waals surface area contributed by atoms with Gasteiger partial charge in [-0.15, -0.1) is 0 Å². The molecule has 1 spiro atoms. The van der Waals surface area contributed by atoms with Crippen molar-refractivity contribution < 1.29 is 9.18 Å². The highest BCUT2D eigenvalue weighted by molar-refractivity contribution is 5.77. The van der Waals surface area contributed by atoms with Crippen LogP contribution in [-0.2, 0) is 11.3 Å². The number of halogens is 1. The predicted molar refractivity (Wildman–Crippen MR) is 97.0 cm³/mol. The second-order valence-corrected chi connectivity index (χ2v) is 7.45. The second kappa shape index (κ2) is 7.02. The largest absolute Gasteiger partial charge is 0.354 e. The van der Waals surface area contributed by atoms with Crippen LogP contribution in [-0.4, -0.2) is 40.4 Å². The third-order valence-electron chi connectivity index (χ3n) is 5.54. The van der Waals surface area contributed by atoms with Crippen LogP contribution in [0.25, 0.3) is 0 Å². The lowest BCUT2D eigenvalue weighted by atomic mass is 9.73. The number of carbonyl (C=O) groups is 1. The number of hydrogen-bond acceptors (Lipinski definition) is 4. The first kappa shape index (κ1) is 16.9.